The van der Waals surface area contributed by atoms with Crippen molar-refractivity contribution in [1.29, 1.82) is 0 Å². The summed E-state index contributed by atoms with van der Waals surface area (Å²) < 4.78 is 25.2. The summed E-state index contributed by atoms with van der Waals surface area (Å²) in [7, 11) is 1.57. The van der Waals surface area contributed by atoms with Crippen LogP contribution in [0.5, 0.6) is 11.5 Å². The predicted octanol–water partition coefficient (Wildman–Crippen LogP) is 5.02. The minimum atomic E-state index is -0.300. The van der Waals surface area contributed by atoms with Crippen LogP contribution in [0.2, 0.25) is 0 Å². The maximum Gasteiger partial charge on any atom is 0.250 e. The molecule has 1 aromatic heterocycles. The highest BCUT2D eigenvalue weighted by Gasteiger charge is 2.20. The summed E-state index contributed by atoms with van der Waals surface area (Å²) in [4.78, 5) is 18.6. The maximum absolute atomic E-state index is 13.9. The van der Waals surface area contributed by atoms with Gasteiger partial charge in [-0.3, -0.25) is 0 Å². The summed E-state index contributed by atoms with van der Waals surface area (Å²) in [6.07, 6.45) is 8.74. The number of benzene rings is 2. The fraction of sp³-hybridized carbons (Fsp3) is 0.429. The first-order valence-corrected chi connectivity index (χ1v) is 13.3. The van der Waals surface area contributed by atoms with Crippen LogP contribution in [-0.2, 0) is 6.61 Å². The molecule has 0 bridgehead atoms. The second kappa shape index (κ2) is 12.5. The number of rotatable bonds is 9. The van der Waals surface area contributed by atoms with Gasteiger partial charge in [0, 0.05) is 31.7 Å². The highest BCUT2D eigenvalue weighted by atomic mass is 19.1. The van der Waals surface area contributed by atoms with Crippen LogP contribution in [0.25, 0.3) is 0 Å². The van der Waals surface area contributed by atoms with Crippen LogP contribution in [0.4, 0.5) is 22.2 Å². The van der Waals surface area contributed by atoms with E-state index in [0.717, 1.165) is 57.4 Å². The van der Waals surface area contributed by atoms with Gasteiger partial charge in [-0.05, 0) is 68.4 Å². The largest absolute Gasteiger partial charge is 0.493 e. The Kier molecular flexibility index (Phi) is 8.47. The Balaban J connectivity index is 1.29. The van der Waals surface area contributed by atoms with E-state index in [1.165, 1.54) is 18.9 Å². The molecule has 0 amide bonds. The van der Waals surface area contributed by atoms with Crippen molar-refractivity contribution in [3.8, 4) is 11.5 Å². The molecular formula is C28H34FN7O2. The van der Waals surface area contributed by atoms with E-state index in [1.54, 1.807) is 37.6 Å². The standard InChI is InChI=1S/C28H34FN7O2/c1-37-25-18-21(12-13-24(25)38-20-22-10-4-5-11-23(22)29)19-30-34-26-31-27(35-14-6-2-7-15-35)33-28(32-26)36-16-8-3-9-17-36/h4-5,10-13,18-19H,2-3,6-9,14-17,20H2,1H3,(H,31,32,33,34)/b30-19-. The normalized spacial score (nSPS) is 16.1. The number of ether oxygens (including phenoxy) is 2. The highest BCUT2D eigenvalue weighted by Crippen LogP contribution is 2.29. The summed E-state index contributed by atoms with van der Waals surface area (Å²) in [6.45, 7) is 3.93. The van der Waals surface area contributed by atoms with Crippen LogP contribution in [-0.4, -0.2) is 54.5 Å². The van der Waals surface area contributed by atoms with Gasteiger partial charge < -0.3 is 19.3 Å². The number of aromatic nitrogens is 3. The molecule has 0 radical (unpaired) electrons. The lowest BCUT2D eigenvalue weighted by Crippen LogP contribution is -2.34. The van der Waals surface area contributed by atoms with Crippen molar-refractivity contribution in [1.82, 2.24) is 15.0 Å². The molecule has 0 unspecified atom stereocenters. The topological polar surface area (TPSA) is 88.0 Å². The van der Waals surface area contributed by atoms with Crippen molar-refractivity contribution in [3.05, 3.63) is 59.4 Å². The second-order valence-corrected chi connectivity index (χ2v) is 9.51. The van der Waals surface area contributed by atoms with Crippen molar-refractivity contribution in [2.75, 3.05) is 48.5 Å². The number of nitrogens with zero attached hydrogens (tertiary/aromatic N) is 6. The number of halogens is 1. The molecule has 0 saturated carbocycles. The van der Waals surface area contributed by atoms with Crippen molar-refractivity contribution in [2.45, 2.75) is 45.1 Å². The van der Waals surface area contributed by atoms with Crippen LogP contribution in [0.3, 0.4) is 0 Å². The summed E-state index contributed by atoms with van der Waals surface area (Å²) in [5, 5.41) is 4.38. The number of nitrogens with one attached hydrogen (secondary N) is 1. The molecule has 1 N–H and O–H groups in total. The molecule has 2 aliphatic heterocycles. The third-order valence-electron chi connectivity index (χ3n) is 6.80. The molecule has 3 heterocycles. The smallest absolute Gasteiger partial charge is 0.250 e. The lowest BCUT2D eigenvalue weighted by Gasteiger charge is -2.30. The quantitative estimate of drug-likeness (QED) is 0.311. The van der Waals surface area contributed by atoms with E-state index in [2.05, 4.69) is 30.3 Å². The van der Waals surface area contributed by atoms with Crippen molar-refractivity contribution < 1.29 is 13.9 Å². The molecule has 2 saturated heterocycles. The van der Waals surface area contributed by atoms with Crippen LogP contribution in [0.1, 0.15) is 49.7 Å². The van der Waals surface area contributed by atoms with Gasteiger partial charge in [-0.25, -0.2) is 9.82 Å². The number of piperidine rings is 2. The van der Waals surface area contributed by atoms with E-state index in [-0.39, 0.29) is 12.4 Å². The summed E-state index contributed by atoms with van der Waals surface area (Å²) in [5.41, 5.74) is 4.28. The number of anilines is 3. The Morgan fingerprint density at radius 3 is 2.16 bits per heavy atom. The monoisotopic (exact) mass is 519 g/mol. The van der Waals surface area contributed by atoms with Gasteiger partial charge in [0.05, 0.1) is 13.3 Å². The van der Waals surface area contributed by atoms with Crippen LogP contribution in [0, 0.1) is 5.82 Å². The molecule has 10 heteroatoms. The Morgan fingerprint density at radius 1 is 0.868 bits per heavy atom. The summed E-state index contributed by atoms with van der Waals surface area (Å²) >= 11 is 0. The van der Waals surface area contributed by atoms with Gasteiger partial charge >= 0.3 is 0 Å². The van der Waals surface area contributed by atoms with Gasteiger partial charge in [0.2, 0.25) is 17.8 Å². The predicted molar refractivity (Wildman–Crippen MR) is 147 cm³/mol. The molecule has 2 fully saturated rings. The number of hydrazone groups is 1. The third-order valence-corrected chi connectivity index (χ3v) is 6.80. The third kappa shape index (κ3) is 6.48. The highest BCUT2D eigenvalue weighted by molar-refractivity contribution is 5.81. The van der Waals surface area contributed by atoms with Gasteiger partial charge in [0.1, 0.15) is 12.4 Å². The first-order valence-electron chi connectivity index (χ1n) is 13.3. The molecule has 38 heavy (non-hydrogen) atoms. The minimum absolute atomic E-state index is 0.107. The molecule has 200 valence electrons. The SMILES string of the molecule is COc1cc(/C=N\Nc2nc(N3CCCCC3)nc(N3CCCCC3)n2)ccc1OCc1ccccc1F. The van der Waals surface area contributed by atoms with Gasteiger partial charge in [0.15, 0.2) is 11.5 Å². The number of hydrogen-bond acceptors (Lipinski definition) is 9. The van der Waals surface area contributed by atoms with Crippen LogP contribution >= 0.6 is 0 Å². The van der Waals surface area contributed by atoms with Crippen molar-refractivity contribution in [2.24, 2.45) is 5.10 Å². The average Bonchev–Trinajstić information content (AvgIpc) is 2.98. The Hall–Kier alpha value is -3.95. The van der Waals surface area contributed by atoms with Crippen molar-refractivity contribution >= 4 is 24.1 Å². The van der Waals surface area contributed by atoms with Crippen LogP contribution < -0.4 is 24.7 Å². The fourth-order valence-electron chi connectivity index (χ4n) is 4.69. The lowest BCUT2D eigenvalue weighted by molar-refractivity contribution is 0.279. The maximum atomic E-state index is 13.9. The fourth-order valence-corrected chi connectivity index (χ4v) is 4.69. The van der Waals surface area contributed by atoms with E-state index in [0.29, 0.717) is 34.9 Å². The molecular weight excluding hydrogens is 485 g/mol. The number of hydrogen-bond donors (Lipinski definition) is 1. The molecule has 0 atom stereocenters. The molecule has 5 rings (SSSR count). The zero-order valence-electron chi connectivity index (χ0n) is 21.8. The molecule has 3 aromatic rings. The van der Waals surface area contributed by atoms with Gasteiger partial charge in [-0.1, -0.05) is 18.2 Å². The Labute approximate surface area is 222 Å². The van der Waals surface area contributed by atoms with Gasteiger partial charge in [-0.15, -0.1) is 0 Å². The number of methoxy groups -OCH3 is 1. The molecule has 0 aliphatic carbocycles. The second-order valence-electron chi connectivity index (χ2n) is 9.51. The summed E-state index contributed by atoms with van der Waals surface area (Å²) in [6, 6.07) is 12.0. The summed E-state index contributed by atoms with van der Waals surface area (Å²) in [5.74, 6) is 2.59. The first kappa shape index (κ1) is 25.7. The van der Waals surface area contributed by atoms with Gasteiger partial charge in [-0.2, -0.15) is 20.1 Å². The van der Waals surface area contributed by atoms with Crippen molar-refractivity contribution in [3.63, 3.8) is 0 Å². The van der Waals surface area contributed by atoms with Crippen LogP contribution in [0.15, 0.2) is 47.6 Å². The lowest BCUT2D eigenvalue weighted by atomic mass is 10.1. The first-order chi connectivity index (χ1) is 18.7. The van der Waals surface area contributed by atoms with E-state index in [9.17, 15) is 4.39 Å². The van der Waals surface area contributed by atoms with Gasteiger partial charge in [0.25, 0.3) is 0 Å². The van der Waals surface area contributed by atoms with E-state index >= 15 is 0 Å². The molecule has 9 nitrogen and oxygen atoms in total. The average molecular weight is 520 g/mol. The Bertz CT molecular complexity index is 1210. The minimum Gasteiger partial charge on any atom is -0.493 e. The molecule has 0 spiro atoms. The zero-order chi connectivity index (χ0) is 26.2. The van der Waals surface area contributed by atoms with E-state index in [4.69, 9.17) is 14.5 Å². The molecule has 2 aromatic carbocycles. The van der Waals surface area contributed by atoms with E-state index in [1.807, 2.05) is 12.1 Å². The van der Waals surface area contributed by atoms with E-state index < -0.39 is 0 Å². The molecule has 2 aliphatic rings. The zero-order valence-corrected chi connectivity index (χ0v) is 21.8. The Morgan fingerprint density at radius 2 is 1.53 bits per heavy atom.